The molecule has 3 heteroatoms. The van der Waals surface area contributed by atoms with Crippen molar-refractivity contribution in [1.82, 2.24) is 0 Å². The van der Waals surface area contributed by atoms with Gasteiger partial charge < -0.3 is 17.0 Å². The van der Waals surface area contributed by atoms with Crippen LogP contribution < -0.4 is 0 Å². The summed E-state index contributed by atoms with van der Waals surface area (Å²) in [5, 5.41) is 3.85. The zero-order chi connectivity index (χ0) is 8.15. The molecule has 0 aromatic carbocycles. The minimum Gasteiger partial charge on any atom is -0.653 e. The molecular weight excluding hydrogens is 227 g/mol. The average Bonchev–Trinajstić information content (AvgIpc) is 1.85. The summed E-state index contributed by atoms with van der Waals surface area (Å²) in [5.41, 5.74) is 0. The maximum absolute atomic E-state index is 11.0. The normalized spacial score (nSPS) is 11.1. The summed E-state index contributed by atoms with van der Waals surface area (Å²) in [6.45, 7) is 9.38. The van der Waals surface area contributed by atoms with E-state index in [1.54, 1.807) is 0 Å². The van der Waals surface area contributed by atoms with E-state index in [0.717, 1.165) is 6.42 Å². The molecule has 0 aromatic heterocycles. The van der Waals surface area contributed by atoms with E-state index in [1.807, 2.05) is 20.8 Å². The van der Waals surface area contributed by atoms with Gasteiger partial charge in [-0.3, -0.25) is 0 Å². The van der Waals surface area contributed by atoms with Gasteiger partial charge in [0, 0.05) is 38.6 Å². The van der Waals surface area contributed by atoms with Crippen LogP contribution in [-0.4, -0.2) is 11.9 Å². The molecule has 0 saturated heterocycles. The van der Waals surface area contributed by atoms with Gasteiger partial charge in [0.2, 0.25) is 0 Å². The van der Waals surface area contributed by atoms with Gasteiger partial charge in [-0.25, -0.2) is 0 Å². The van der Waals surface area contributed by atoms with Crippen molar-refractivity contribution in [2.45, 2.75) is 40.7 Å². The Morgan fingerprint density at radius 1 is 1.50 bits per heavy atom. The Balaban J connectivity index is -0.000000405. The second kappa shape index (κ2) is 9.66. The standard InChI is InChI=1S/C8H16NO.CH4.Y/c1-5-7(4)8(10)9-6(2)3;;/h6-7H,4-5H2,1-3H3,(H,9,10);1H4;/q-1;;/p-1. The first-order valence-electron chi connectivity index (χ1n) is 3.65. The summed E-state index contributed by atoms with van der Waals surface area (Å²) in [7, 11) is 0. The van der Waals surface area contributed by atoms with Gasteiger partial charge >= 0.3 is 0 Å². The van der Waals surface area contributed by atoms with Crippen molar-refractivity contribution < 1.29 is 37.5 Å². The molecular formula is C9H19NOY-2. The molecule has 0 aliphatic heterocycles. The molecule has 1 atom stereocenters. The molecule has 12 heavy (non-hydrogen) atoms. The Morgan fingerprint density at radius 3 is 2.17 bits per heavy atom. The zero-order valence-corrected chi connectivity index (χ0v) is 10.3. The zero-order valence-electron chi connectivity index (χ0n) is 7.50. The topological polar surface area (TPSA) is 31.2 Å². The van der Waals surface area contributed by atoms with Crippen LogP contribution in [0.1, 0.15) is 34.6 Å². The first-order valence-corrected chi connectivity index (χ1v) is 3.65. The van der Waals surface area contributed by atoms with Crippen LogP contribution in [0.5, 0.6) is 0 Å². The van der Waals surface area contributed by atoms with Gasteiger partial charge in [0.05, 0.1) is 0 Å². The summed E-state index contributed by atoms with van der Waals surface area (Å²) in [6, 6.07) is 0.100. The minimum atomic E-state index is -0.151. The molecule has 0 bridgehead atoms. The van der Waals surface area contributed by atoms with E-state index < -0.39 is 0 Å². The van der Waals surface area contributed by atoms with E-state index >= 15 is 0 Å². The van der Waals surface area contributed by atoms with Crippen molar-refractivity contribution in [2.75, 3.05) is 0 Å². The van der Waals surface area contributed by atoms with E-state index in [-0.39, 0.29) is 58.0 Å². The molecule has 2 nitrogen and oxygen atoms in total. The van der Waals surface area contributed by atoms with Gasteiger partial charge in [0.25, 0.3) is 0 Å². The van der Waals surface area contributed by atoms with Crippen LogP contribution in [0, 0.1) is 12.8 Å². The summed E-state index contributed by atoms with van der Waals surface area (Å²) < 4.78 is 0. The fourth-order valence-electron chi connectivity index (χ4n) is 0.535. The second-order valence-corrected chi connectivity index (χ2v) is 2.67. The van der Waals surface area contributed by atoms with Crippen molar-refractivity contribution in [3.05, 3.63) is 12.2 Å². The molecule has 0 aromatic rings. The van der Waals surface area contributed by atoms with Crippen LogP contribution in [0.25, 0.3) is 5.32 Å². The van der Waals surface area contributed by atoms with E-state index in [9.17, 15) is 4.79 Å². The number of amides is 1. The van der Waals surface area contributed by atoms with Crippen LogP contribution in [0.3, 0.4) is 0 Å². The maximum atomic E-state index is 11.0. The fourth-order valence-corrected chi connectivity index (χ4v) is 0.535. The van der Waals surface area contributed by atoms with Gasteiger partial charge in [-0.2, -0.15) is 0 Å². The first kappa shape index (κ1) is 18.4. The molecule has 0 saturated carbocycles. The molecule has 1 radical (unpaired) electrons. The molecule has 0 aliphatic rings. The average molecular weight is 246 g/mol. The number of hydrogen-bond acceptors (Lipinski definition) is 1. The van der Waals surface area contributed by atoms with Crippen molar-refractivity contribution in [2.24, 2.45) is 5.92 Å². The van der Waals surface area contributed by atoms with Crippen LogP contribution in [0.2, 0.25) is 0 Å². The van der Waals surface area contributed by atoms with Gasteiger partial charge in [0.1, 0.15) is 0 Å². The first-order chi connectivity index (χ1) is 4.57. The SMILES string of the molecule is C.[CH2-]C(CC)C(=O)[N-]C(C)C.[Y]. The van der Waals surface area contributed by atoms with E-state index in [4.69, 9.17) is 0 Å². The number of carbonyl (C=O) groups is 1. The smallest absolute Gasteiger partial charge is 0.0240 e. The van der Waals surface area contributed by atoms with Crippen molar-refractivity contribution in [3.8, 4) is 0 Å². The quantitative estimate of drug-likeness (QED) is 0.704. The fraction of sp³-hybridized carbons (Fsp3) is 0.778. The summed E-state index contributed by atoms with van der Waals surface area (Å²) in [6.07, 6.45) is 0.773. The minimum absolute atomic E-state index is 0. The molecule has 1 amide bonds. The Morgan fingerprint density at radius 2 is 1.92 bits per heavy atom. The second-order valence-electron chi connectivity index (χ2n) is 2.67. The molecule has 0 heterocycles. The molecule has 0 aliphatic carbocycles. The van der Waals surface area contributed by atoms with Crippen molar-refractivity contribution in [3.63, 3.8) is 0 Å². The van der Waals surface area contributed by atoms with E-state index in [0.29, 0.717) is 0 Å². The Labute approximate surface area is 102 Å². The number of nitrogens with zero attached hydrogens (tertiary/aromatic N) is 1. The largest absolute Gasteiger partial charge is 0.653 e. The van der Waals surface area contributed by atoms with Gasteiger partial charge in [0.15, 0.2) is 0 Å². The third kappa shape index (κ3) is 8.67. The van der Waals surface area contributed by atoms with Crippen molar-refractivity contribution in [1.29, 1.82) is 0 Å². The molecule has 0 N–H and O–H groups in total. The Kier molecular flexibility index (Phi) is 14.8. The van der Waals surface area contributed by atoms with Crippen LogP contribution in [0.15, 0.2) is 0 Å². The van der Waals surface area contributed by atoms with Crippen molar-refractivity contribution >= 4 is 5.91 Å². The van der Waals surface area contributed by atoms with Gasteiger partial charge in [-0.1, -0.05) is 34.6 Å². The Hall–Kier alpha value is 0.574. The number of rotatable bonds is 3. The molecule has 0 spiro atoms. The molecule has 1 unspecified atom stereocenters. The Bertz CT molecular complexity index is 115. The van der Waals surface area contributed by atoms with Crippen LogP contribution in [0.4, 0.5) is 0 Å². The third-order valence-corrected chi connectivity index (χ3v) is 1.23. The van der Waals surface area contributed by atoms with Gasteiger partial charge in [-0.15, -0.1) is 12.0 Å². The number of hydrogen-bond donors (Lipinski definition) is 0. The third-order valence-electron chi connectivity index (χ3n) is 1.23. The summed E-state index contributed by atoms with van der Waals surface area (Å²) in [5.74, 6) is -0.222. The van der Waals surface area contributed by atoms with E-state index in [1.165, 1.54) is 0 Å². The van der Waals surface area contributed by atoms with E-state index in [2.05, 4.69) is 12.2 Å². The number of carbonyl (C=O) groups excluding carboxylic acids is 1. The van der Waals surface area contributed by atoms with Crippen LogP contribution in [-0.2, 0) is 37.5 Å². The summed E-state index contributed by atoms with van der Waals surface area (Å²) in [4.78, 5) is 11.0. The monoisotopic (exact) mass is 246 g/mol. The van der Waals surface area contributed by atoms with Crippen LogP contribution >= 0.6 is 0 Å². The predicted octanol–water partition coefficient (Wildman–Crippen LogP) is 2.79. The maximum Gasteiger partial charge on any atom is 0.0240 e. The summed E-state index contributed by atoms with van der Waals surface area (Å²) >= 11 is 0. The molecule has 0 fully saturated rings. The molecule has 0 rings (SSSR count). The molecule has 71 valence electrons. The van der Waals surface area contributed by atoms with Gasteiger partial charge in [-0.05, 0) is 0 Å². The predicted molar refractivity (Wildman–Crippen MR) is 49.4 cm³/mol.